The summed E-state index contributed by atoms with van der Waals surface area (Å²) in [6, 6.07) is 3.39. The van der Waals surface area contributed by atoms with Crippen LogP contribution in [0.4, 0.5) is 0 Å². The van der Waals surface area contributed by atoms with Crippen LogP contribution in [0.5, 0.6) is 0 Å². The highest BCUT2D eigenvalue weighted by molar-refractivity contribution is 7.91. The van der Waals surface area contributed by atoms with Gasteiger partial charge < -0.3 is 4.52 Å². The molecule has 1 aliphatic heterocycles. The molecular weight excluding hydrogens is 374 g/mol. The SMILES string of the molecule is Cn1nc(-c2nc(C3CC3)no2)c2c1CCN(S(=O)(=O)c1cccs1)C2. The van der Waals surface area contributed by atoms with E-state index in [-0.39, 0.29) is 6.54 Å². The van der Waals surface area contributed by atoms with Gasteiger partial charge in [-0.05, 0) is 24.3 Å². The molecule has 26 heavy (non-hydrogen) atoms. The Morgan fingerprint density at radius 1 is 1.35 bits per heavy atom. The van der Waals surface area contributed by atoms with Gasteiger partial charge in [-0.15, -0.1) is 11.3 Å². The zero-order chi connectivity index (χ0) is 17.9. The second kappa shape index (κ2) is 5.73. The lowest BCUT2D eigenvalue weighted by molar-refractivity contribution is 0.386. The lowest BCUT2D eigenvalue weighted by atomic mass is 10.1. The number of hydrogen-bond acceptors (Lipinski definition) is 7. The van der Waals surface area contributed by atoms with Gasteiger partial charge in [-0.2, -0.15) is 14.4 Å². The van der Waals surface area contributed by atoms with E-state index in [1.165, 1.54) is 15.6 Å². The van der Waals surface area contributed by atoms with Crippen LogP contribution < -0.4 is 0 Å². The first-order valence-corrected chi connectivity index (χ1v) is 10.8. The third-order valence-corrected chi connectivity index (χ3v) is 8.10. The summed E-state index contributed by atoms with van der Waals surface area (Å²) < 4.78 is 34.8. The second-order valence-corrected chi connectivity index (χ2v) is 9.76. The van der Waals surface area contributed by atoms with Crippen molar-refractivity contribution in [1.82, 2.24) is 24.2 Å². The second-order valence-electron chi connectivity index (χ2n) is 6.65. The quantitative estimate of drug-likeness (QED) is 0.676. The van der Waals surface area contributed by atoms with E-state index in [2.05, 4.69) is 15.2 Å². The molecule has 0 atom stereocenters. The molecule has 10 heteroatoms. The molecular formula is C16H17N5O3S2. The molecule has 3 aromatic heterocycles. The number of aryl methyl sites for hydroxylation is 1. The van der Waals surface area contributed by atoms with E-state index in [1.807, 2.05) is 7.05 Å². The topological polar surface area (TPSA) is 94.1 Å². The fourth-order valence-electron chi connectivity index (χ4n) is 3.32. The molecule has 0 N–H and O–H groups in total. The normalized spacial score (nSPS) is 18.2. The van der Waals surface area contributed by atoms with Crippen molar-refractivity contribution in [2.24, 2.45) is 7.05 Å². The molecule has 0 amide bonds. The molecule has 4 heterocycles. The molecule has 1 aliphatic carbocycles. The van der Waals surface area contributed by atoms with Crippen molar-refractivity contribution in [2.75, 3.05) is 6.54 Å². The Morgan fingerprint density at radius 2 is 2.19 bits per heavy atom. The number of rotatable bonds is 4. The average Bonchev–Trinajstić information content (AvgIpc) is 3.05. The molecule has 1 saturated carbocycles. The molecule has 1 fully saturated rings. The van der Waals surface area contributed by atoms with Crippen molar-refractivity contribution in [3.8, 4) is 11.6 Å². The summed E-state index contributed by atoms with van der Waals surface area (Å²) in [5.74, 6) is 1.49. The molecule has 0 aromatic carbocycles. The van der Waals surface area contributed by atoms with Gasteiger partial charge in [-0.25, -0.2) is 8.42 Å². The Kier molecular flexibility index (Phi) is 3.56. The highest BCUT2D eigenvalue weighted by atomic mass is 32.2. The van der Waals surface area contributed by atoms with E-state index in [1.54, 1.807) is 22.2 Å². The first-order valence-electron chi connectivity index (χ1n) is 8.46. The molecule has 136 valence electrons. The molecule has 0 radical (unpaired) electrons. The Hall–Kier alpha value is -2.04. The molecule has 0 saturated heterocycles. The monoisotopic (exact) mass is 391 g/mol. The minimum absolute atomic E-state index is 0.264. The predicted molar refractivity (Wildman–Crippen MR) is 94.1 cm³/mol. The van der Waals surface area contributed by atoms with Crippen molar-refractivity contribution < 1.29 is 12.9 Å². The Balaban J connectivity index is 1.52. The Morgan fingerprint density at radius 3 is 2.92 bits per heavy atom. The number of aromatic nitrogens is 4. The predicted octanol–water partition coefficient (Wildman–Crippen LogP) is 2.16. The van der Waals surface area contributed by atoms with Gasteiger partial charge in [0.2, 0.25) is 0 Å². The van der Waals surface area contributed by atoms with Crippen LogP contribution in [0.1, 0.15) is 35.8 Å². The highest BCUT2D eigenvalue weighted by Gasteiger charge is 2.35. The average molecular weight is 391 g/mol. The highest BCUT2D eigenvalue weighted by Crippen LogP contribution is 2.39. The van der Waals surface area contributed by atoms with Gasteiger partial charge in [-0.3, -0.25) is 4.68 Å². The number of fused-ring (bicyclic) bond motifs is 1. The van der Waals surface area contributed by atoms with Crippen LogP contribution in [0, 0.1) is 0 Å². The van der Waals surface area contributed by atoms with E-state index in [9.17, 15) is 8.42 Å². The molecule has 5 rings (SSSR count). The summed E-state index contributed by atoms with van der Waals surface area (Å²) in [7, 11) is -1.64. The van der Waals surface area contributed by atoms with Crippen molar-refractivity contribution in [3.63, 3.8) is 0 Å². The summed E-state index contributed by atoms with van der Waals surface area (Å²) >= 11 is 1.23. The fourth-order valence-corrected chi connectivity index (χ4v) is 5.87. The van der Waals surface area contributed by atoms with E-state index in [0.717, 1.165) is 29.9 Å². The van der Waals surface area contributed by atoms with Crippen LogP contribution >= 0.6 is 11.3 Å². The Bertz CT molecular complexity index is 1060. The van der Waals surface area contributed by atoms with Gasteiger partial charge in [0.15, 0.2) is 11.5 Å². The summed E-state index contributed by atoms with van der Waals surface area (Å²) in [4.78, 5) is 4.48. The number of thiophene rings is 1. The number of nitrogens with zero attached hydrogens (tertiary/aromatic N) is 5. The molecule has 8 nitrogen and oxygen atoms in total. The first-order chi connectivity index (χ1) is 12.5. The summed E-state index contributed by atoms with van der Waals surface area (Å²) in [6.07, 6.45) is 2.78. The molecule has 0 unspecified atom stereocenters. The van der Waals surface area contributed by atoms with Gasteiger partial charge in [0.05, 0.1) is 0 Å². The maximum atomic E-state index is 12.9. The van der Waals surface area contributed by atoms with Gasteiger partial charge >= 0.3 is 0 Å². The van der Waals surface area contributed by atoms with Gasteiger partial charge in [0.1, 0.15) is 4.21 Å². The van der Waals surface area contributed by atoms with Gasteiger partial charge in [-0.1, -0.05) is 11.2 Å². The third kappa shape index (κ3) is 2.51. The van der Waals surface area contributed by atoms with Crippen LogP contribution in [0.25, 0.3) is 11.6 Å². The summed E-state index contributed by atoms with van der Waals surface area (Å²) in [6.45, 7) is 0.698. The van der Waals surface area contributed by atoms with E-state index >= 15 is 0 Å². The lowest BCUT2D eigenvalue weighted by Crippen LogP contribution is -2.36. The molecule has 2 aliphatic rings. The molecule has 0 bridgehead atoms. The van der Waals surface area contributed by atoms with Crippen molar-refractivity contribution >= 4 is 21.4 Å². The third-order valence-electron chi connectivity index (χ3n) is 4.88. The zero-order valence-electron chi connectivity index (χ0n) is 14.1. The van der Waals surface area contributed by atoms with Crippen molar-refractivity contribution in [2.45, 2.75) is 35.9 Å². The number of sulfonamides is 1. The van der Waals surface area contributed by atoms with Crippen LogP contribution in [0.15, 0.2) is 26.2 Å². The maximum absolute atomic E-state index is 12.9. The summed E-state index contributed by atoms with van der Waals surface area (Å²) in [5.41, 5.74) is 2.46. The number of hydrogen-bond donors (Lipinski definition) is 0. The molecule has 0 spiro atoms. The van der Waals surface area contributed by atoms with Crippen molar-refractivity contribution in [1.29, 1.82) is 0 Å². The van der Waals surface area contributed by atoms with Gasteiger partial charge in [0, 0.05) is 43.7 Å². The van der Waals surface area contributed by atoms with Crippen molar-refractivity contribution in [3.05, 3.63) is 34.6 Å². The lowest BCUT2D eigenvalue weighted by Gasteiger charge is -2.26. The van der Waals surface area contributed by atoms with Crippen LogP contribution in [-0.2, 0) is 30.0 Å². The standard InChI is InChI=1S/C16H17N5O3S2/c1-20-12-6-7-21(26(22,23)13-3-2-8-25-13)9-11(12)14(18-20)16-17-15(19-24-16)10-4-5-10/h2-3,8,10H,4-7,9H2,1H3. The van der Waals surface area contributed by atoms with E-state index < -0.39 is 10.0 Å². The Labute approximate surface area is 154 Å². The van der Waals surface area contributed by atoms with E-state index in [0.29, 0.717) is 34.7 Å². The fraction of sp³-hybridized carbons (Fsp3) is 0.438. The minimum atomic E-state index is -3.50. The largest absolute Gasteiger partial charge is 0.332 e. The molecule has 3 aromatic rings. The van der Waals surface area contributed by atoms with Gasteiger partial charge in [0.25, 0.3) is 15.9 Å². The smallest absolute Gasteiger partial charge is 0.278 e. The first kappa shape index (κ1) is 16.2. The zero-order valence-corrected chi connectivity index (χ0v) is 15.8. The summed E-state index contributed by atoms with van der Waals surface area (Å²) in [5, 5.41) is 10.4. The van der Waals surface area contributed by atoms with Crippen LogP contribution in [0.2, 0.25) is 0 Å². The maximum Gasteiger partial charge on any atom is 0.278 e. The van der Waals surface area contributed by atoms with Crippen LogP contribution in [-0.4, -0.2) is 39.2 Å². The minimum Gasteiger partial charge on any atom is -0.332 e. The van der Waals surface area contributed by atoms with E-state index in [4.69, 9.17) is 4.52 Å². The van der Waals surface area contributed by atoms with Crippen LogP contribution in [0.3, 0.4) is 0 Å².